The van der Waals surface area contributed by atoms with Crippen LogP contribution in [-0.2, 0) is 12.6 Å². The van der Waals surface area contributed by atoms with Gasteiger partial charge in [0.25, 0.3) is 5.91 Å². The first-order valence-corrected chi connectivity index (χ1v) is 11.6. The number of anilines is 1. The van der Waals surface area contributed by atoms with Gasteiger partial charge in [-0.3, -0.25) is 9.78 Å². The molecule has 0 aliphatic rings. The molecule has 0 unspecified atom stereocenters. The van der Waals surface area contributed by atoms with E-state index in [1.807, 2.05) is 31.2 Å². The van der Waals surface area contributed by atoms with E-state index < -0.39 is 17.6 Å². The number of amides is 1. The SMILES string of the molecule is COc1cc(NC(=O)c2cccc(C)c2-c2ccc(C(F)(F)F)cc2)ccc1OCCc1ccccn1. The summed E-state index contributed by atoms with van der Waals surface area (Å²) in [6.45, 7) is 2.21. The highest BCUT2D eigenvalue weighted by Gasteiger charge is 2.30. The lowest BCUT2D eigenvalue weighted by Crippen LogP contribution is -2.14. The molecule has 0 fully saturated rings. The molecule has 0 aliphatic heterocycles. The van der Waals surface area contributed by atoms with Crippen LogP contribution in [-0.4, -0.2) is 24.6 Å². The van der Waals surface area contributed by atoms with Gasteiger partial charge in [-0.15, -0.1) is 0 Å². The summed E-state index contributed by atoms with van der Waals surface area (Å²) in [5.41, 5.74) is 2.84. The van der Waals surface area contributed by atoms with Gasteiger partial charge in [-0.25, -0.2) is 0 Å². The van der Waals surface area contributed by atoms with E-state index in [0.29, 0.717) is 46.9 Å². The van der Waals surface area contributed by atoms with Gasteiger partial charge in [0.1, 0.15) is 0 Å². The summed E-state index contributed by atoms with van der Waals surface area (Å²) in [4.78, 5) is 17.5. The van der Waals surface area contributed by atoms with Crippen molar-refractivity contribution in [3.8, 4) is 22.6 Å². The molecule has 0 atom stereocenters. The molecular formula is C29H25F3N2O3. The highest BCUT2D eigenvalue weighted by atomic mass is 19.4. The Labute approximate surface area is 212 Å². The molecule has 1 aromatic heterocycles. The summed E-state index contributed by atoms with van der Waals surface area (Å²) in [7, 11) is 1.51. The van der Waals surface area contributed by atoms with Crippen LogP contribution in [0, 0.1) is 6.92 Å². The zero-order valence-corrected chi connectivity index (χ0v) is 20.3. The van der Waals surface area contributed by atoms with Crippen LogP contribution in [0.2, 0.25) is 0 Å². The number of halogens is 3. The van der Waals surface area contributed by atoms with Crippen LogP contribution in [0.1, 0.15) is 27.2 Å². The number of pyridine rings is 1. The van der Waals surface area contributed by atoms with Crippen molar-refractivity contribution in [1.29, 1.82) is 0 Å². The second-order valence-corrected chi connectivity index (χ2v) is 8.31. The number of aryl methyl sites for hydroxylation is 1. The fourth-order valence-electron chi connectivity index (χ4n) is 3.94. The van der Waals surface area contributed by atoms with Gasteiger partial charge in [0.2, 0.25) is 0 Å². The van der Waals surface area contributed by atoms with Crippen molar-refractivity contribution in [2.24, 2.45) is 0 Å². The molecule has 190 valence electrons. The minimum absolute atomic E-state index is 0.342. The summed E-state index contributed by atoms with van der Waals surface area (Å²) in [5, 5.41) is 2.85. The van der Waals surface area contributed by atoms with Crippen molar-refractivity contribution in [3.63, 3.8) is 0 Å². The fourth-order valence-corrected chi connectivity index (χ4v) is 3.94. The summed E-state index contributed by atoms with van der Waals surface area (Å²) in [5.74, 6) is 0.577. The van der Waals surface area contributed by atoms with E-state index >= 15 is 0 Å². The van der Waals surface area contributed by atoms with Gasteiger partial charge >= 0.3 is 6.18 Å². The van der Waals surface area contributed by atoms with Gasteiger partial charge in [0.15, 0.2) is 11.5 Å². The summed E-state index contributed by atoms with van der Waals surface area (Å²) >= 11 is 0. The highest BCUT2D eigenvalue weighted by molar-refractivity contribution is 6.09. The van der Waals surface area contributed by atoms with E-state index in [2.05, 4.69) is 10.3 Å². The number of hydrogen-bond donors (Lipinski definition) is 1. The molecule has 0 spiro atoms. The summed E-state index contributed by atoms with van der Waals surface area (Å²) in [6.07, 6.45) is -2.08. The van der Waals surface area contributed by atoms with Crippen molar-refractivity contribution >= 4 is 11.6 Å². The first kappa shape index (κ1) is 25.8. The van der Waals surface area contributed by atoms with Crippen molar-refractivity contribution in [1.82, 2.24) is 4.98 Å². The Morgan fingerprint density at radius 1 is 0.946 bits per heavy atom. The lowest BCUT2D eigenvalue weighted by Gasteiger charge is -2.16. The smallest absolute Gasteiger partial charge is 0.416 e. The Kier molecular flexibility index (Phi) is 7.77. The molecule has 0 aliphatic carbocycles. The highest BCUT2D eigenvalue weighted by Crippen LogP contribution is 2.34. The molecule has 1 amide bonds. The van der Waals surface area contributed by atoms with Crippen LogP contribution in [0.25, 0.3) is 11.1 Å². The van der Waals surface area contributed by atoms with Crippen LogP contribution >= 0.6 is 0 Å². The van der Waals surface area contributed by atoms with Crippen molar-refractivity contribution in [2.45, 2.75) is 19.5 Å². The number of aromatic nitrogens is 1. The van der Waals surface area contributed by atoms with E-state index in [1.54, 1.807) is 36.5 Å². The Hall–Kier alpha value is -4.33. The number of hydrogen-bond acceptors (Lipinski definition) is 4. The second kappa shape index (κ2) is 11.2. The van der Waals surface area contributed by atoms with E-state index in [9.17, 15) is 18.0 Å². The average Bonchev–Trinajstić information content (AvgIpc) is 2.89. The predicted octanol–water partition coefficient (Wildman–Crippen LogP) is 6.96. The quantitative estimate of drug-likeness (QED) is 0.281. The minimum Gasteiger partial charge on any atom is -0.493 e. The zero-order valence-electron chi connectivity index (χ0n) is 20.3. The van der Waals surface area contributed by atoms with Gasteiger partial charge in [-0.2, -0.15) is 13.2 Å². The molecular weight excluding hydrogens is 481 g/mol. The number of nitrogens with zero attached hydrogens (tertiary/aromatic N) is 1. The largest absolute Gasteiger partial charge is 0.493 e. The standard InChI is InChI=1S/C29H25F3N2O3/c1-19-6-5-8-24(27(19)20-9-11-21(12-10-20)29(30,31)32)28(35)34-23-13-14-25(26(18-23)36-2)37-17-15-22-7-3-4-16-33-22/h3-14,16,18H,15,17H2,1-2H3,(H,34,35). The molecule has 8 heteroatoms. The number of methoxy groups -OCH3 is 1. The Morgan fingerprint density at radius 3 is 2.41 bits per heavy atom. The van der Waals surface area contributed by atoms with E-state index in [4.69, 9.17) is 9.47 Å². The normalized spacial score (nSPS) is 11.2. The van der Waals surface area contributed by atoms with Crippen molar-refractivity contribution in [2.75, 3.05) is 19.0 Å². The predicted molar refractivity (Wildman–Crippen MR) is 136 cm³/mol. The Balaban J connectivity index is 1.51. The van der Waals surface area contributed by atoms with E-state index in [0.717, 1.165) is 23.4 Å². The molecule has 0 saturated heterocycles. The number of nitrogens with one attached hydrogen (secondary N) is 1. The third-order valence-corrected chi connectivity index (χ3v) is 5.78. The maximum Gasteiger partial charge on any atom is 0.416 e. The third-order valence-electron chi connectivity index (χ3n) is 5.78. The first-order chi connectivity index (χ1) is 17.8. The molecule has 1 N–H and O–H groups in total. The molecule has 0 saturated carbocycles. The number of carbonyl (C=O) groups is 1. The average molecular weight is 507 g/mol. The summed E-state index contributed by atoms with van der Waals surface area (Å²) in [6, 6.07) is 20.7. The third kappa shape index (κ3) is 6.27. The van der Waals surface area contributed by atoms with Crippen molar-refractivity contribution < 1.29 is 27.4 Å². The zero-order chi connectivity index (χ0) is 26.4. The molecule has 4 aromatic rings. The lowest BCUT2D eigenvalue weighted by atomic mass is 9.94. The van der Waals surface area contributed by atoms with Crippen LogP contribution < -0.4 is 14.8 Å². The van der Waals surface area contributed by atoms with Gasteiger partial charge in [0.05, 0.1) is 19.3 Å². The Bertz CT molecular complexity index is 1370. The molecule has 5 nitrogen and oxygen atoms in total. The van der Waals surface area contributed by atoms with E-state index in [1.165, 1.54) is 19.2 Å². The second-order valence-electron chi connectivity index (χ2n) is 8.31. The number of ether oxygens (including phenoxy) is 2. The van der Waals surface area contributed by atoms with Crippen LogP contribution in [0.5, 0.6) is 11.5 Å². The van der Waals surface area contributed by atoms with Crippen LogP contribution in [0.15, 0.2) is 85.1 Å². The topological polar surface area (TPSA) is 60.5 Å². The number of rotatable bonds is 8. The Morgan fingerprint density at radius 2 is 1.73 bits per heavy atom. The molecule has 3 aromatic carbocycles. The first-order valence-electron chi connectivity index (χ1n) is 11.6. The molecule has 4 rings (SSSR count). The van der Waals surface area contributed by atoms with Gasteiger partial charge in [-0.05, 0) is 66.1 Å². The van der Waals surface area contributed by atoms with Gasteiger partial charge < -0.3 is 14.8 Å². The maximum absolute atomic E-state index is 13.2. The molecule has 0 radical (unpaired) electrons. The maximum atomic E-state index is 13.2. The minimum atomic E-state index is -4.43. The fraction of sp³-hybridized carbons (Fsp3) is 0.172. The van der Waals surface area contributed by atoms with Crippen LogP contribution in [0.3, 0.4) is 0 Å². The number of alkyl halides is 3. The lowest BCUT2D eigenvalue weighted by molar-refractivity contribution is -0.137. The monoisotopic (exact) mass is 506 g/mol. The molecule has 1 heterocycles. The van der Waals surface area contributed by atoms with Gasteiger partial charge in [0, 0.05) is 35.6 Å². The summed E-state index contributed by atoms with van der Waals surface area (Å²) < 4.78 is 50.3. The van der Waals surface area contributed by atoms with E-state index in [-0.39, 0.29) is 0 Å². The van der Waals surface area contributed by atoms with Crippen LogP contribution in [0.4, 0.5) is 18.9 Å². The molecule has 37 heavy (non-hydrogen) atoms. The number of carbonyl (C=O) groups excluding carboxylic acids is 1. The number of benzene rings is 3. The van der Waals surface area contributed by atoms with Crippen molar-refractivity contribution in [3.05, 3.63) is 107 Å². The molecule has 0 bridgehead atoms. The van der Waals surface area contributed by atoms with Gasteiger partial charge in [-0.1, -0.05) is 30.3 Å².